The molecule has 0 amide bonds. The third-order valence-corrected chi connectivity index (χ3v) is 12.1. The predicted molar refractivity (Wildman–Crippen MR) is 242 cm³/mol. The van der Waals surface area contributed by atoms with E-state index in [1.807, 2.05) is 0 Å². The zero-order valence-electron chi connectivity index (χ0n) is 38.6. The first-order valence-corrected chi connectivity index (χ1v) is 26.3. The zero-order valence-corrected chi connectivity index (χ0v) is 39.5. The number of aliphatic carboxylic acids is 1. The van der Waals surface area contributed by atoms with Gasteiger partial charge in [-0.05, 0) is 19.3 Å². The lowest BCUT2D eigenvalue weighted by atomic mass is 10.0. The lowest BCUT2D eigenvalue weighted by Gasteiger charge is -2.20. The summed E-state index contributed by atoms with van der Waals surface area (Å²) < 4.78 is 33.5. The van der Waals surface area contributed by atoms with E-state index in [2.05, 4.69) is 13.8 Å². The summed E-state index contributed by atoms with van der Waals surface area (Å²) >= 11 is 0. The van der Waals surface area contributed by atoms with E-state index in [1.54, 1.807) is 0 Å². The molecule has 0 saturated carbocycles. The molecule has 0 fully saturated rings. The van der Waals surface area contributed by atoms with Gasteiger partial charge in [0.1, 0.15) is 12.4 Å². The molecule has 0 aliphatic rings. The van der Waals surface area contributed by atoms with Crippen molar-refractivity contribution in [2.75, 3.05) is 19.8 Å². The van der Waals surface area contributed by atoms with Crippen molar-refractivity contribution in [2.24, 2.45) is 0 Å². The monoisotopic (exact) mass is 875 g/mol. The Bertz CT molecular complexity index is 1070. The molecule has 0 radical (unpaired) electrons. The van der Waals surface area contributed by atoms with Crippen LogP contribution in [0.2, 0.25) is 0 Å². The van der Waals surface area contributed by atoms with Gasteiger partial charge in [0.05, 0.1) is 19.6 Å². The number of rotatable bonds is 48. The molecular formula is C48H91O11P. The second kappa shape index (κ2) is 43.8. The van der Waals surface area contributed by atoms with Gasteiger partial charge in [-0.15, -0.1) is 0 Å². The lowest BCUT2D eigenvalue weighted by Crippen LogP contribution is -2.29. The standard InChI is InChI=1S/C48H91O11P/c1-3-5-7-9-11-13-15-17-19-21-23-25-27-29-31-33-37-47(52)56-42-45(43-58-60(54,55)57-41-35-36-44(49)39-40-46(50)51)59-48(53)38-34-32-30-28-26-24-22-20-18-16-14-12-10-8-6-4-2/h45H,3-43H2,1-2H3,(H,50,51)(H,54,55). The van der Waals surface area contributed by atoms with Gasteiger partial charge in [-0.25, -0.2) is 4.57 Å². The zero-order chi connectivity index (χ0) is 44.2. The van der Waals surface area contributed by atoms with Crippen LogP contribution in [0.25, 0.3) is 0 Å². The number of carboxylic acids is 1. The smallest absolute Gasteiger partial charge is 0.472 e. The summed E-state index contributed by atoms with van der Waals surface area (Å²) in [7, 11) is -4.57. The third kappa shape index (κ3) is 44.3. The van der Waals surface area contributed by atoms with Gasteiger partial charge < -0.3 is 19.5 Å². The van der Waals surface area contributed by atoms with Gasteiger partial charge in [-0.2, -0.15) is 0 Å². The number of carbonyl (C=O) groups excluding carboxylic acids is 3. The Kier molecular flexibility index (Phi) is 42.5. The van der Waals surface area contributed by atoms with Crippen LogP contribution in [0.15, 0.2) is 0 Å². The summed E-state index contributed by atoms with van der Waals surface area (Å²) in [4.78, 5) is 57.9. The van der Waals surface area contributed by atoms with E-state index < -0.39 is 38.4 Å². The van der Waals surface area contributed by atoms with Crippen LogP contribution in [0.4, 0.5) is 0 Å². The largest absolute Gasteiger partial charge is 0.481 e. The number of hydrogen-bond acceptors (Lipinski definition) is 9. The molecule has 0 aliphatic carbocycles. The van der Waals surface area contributed by atoms with Crippen LogP contribution in [0.3, 0.4) is 0 Å². The molecule has 0 aliphatic heterocycles. The van der Waals surface area contributed by atoms with E-state index >= 15 is 0 Å². The first kappa shape index (κ1) is 58.2. The van der Waals surface area contributed by atoms with E-state index in [0.717, 1.165) is 38.5 Å². The average molecular weight is 875 g/mol. The van der Waals surface area contributed by atoms with Crippen molar-refractivity contribution in [2.45, 2.75) is 264 Å². The highest BCUT2D eigenvalue weighted by Gasteiger charge is 2.26. The number of phosphoric ester groups is 1. The number of phosphoric acid groups is 1. The van der Waals surface area contributed by atoms with E-state index in [1.165, 1.54) is 154 Å². The molecule has 0 saturated heterocycles. The van der Waals surface area contributed by atoms with Gasteiger partial charge >= 0.3 is 25.7 Å². The summed E-state index contributed by atoms with van der Waals surface area (Å²) in [6, 6.07) is 0. The van der Waals surface area contributed by atoms with Crippen molar-refractivity contribution < 1.29 is 52.3 Å². The van der Waals surface area contributed by atoms with Crippen molar-refractivity contribution in [1.29, 1.82) is 0 Å². The third-order valence-electron chi connectivity index (χ3n) is 11.1. The number of ether oxygens (including phenoxy) is 2. The summed E-state index contributed by atoms with van der Waals surface area (Å²) in [5, 5.41) is 8.71. The minimum atomic E-state index is -4.57. The van der Waals surface area contributed by atoms with Gasteiger partial charge in [-0.1, -0.05) is 206 Å². The van der Waals surface area contributed by atoms with Crippen molar-refractivity contribution in [3.63, 3.8) is 0 Å². The number of ketones is 1. The average Bonchev–Trinajstić information content (AvgIpc) is 3.22. The topological polar surface area (TPSA) is 163 Å². The highest BCUT2D eigenvalue weighted by molar-refractivity contribution is 7.47. The van der Waals surface area contributed by atoms with Crippen LogP contribution < -0.4 is 0 Å². The van der Waals surface area contributed by atoms with Gasteiger partial charge in [0.15, 0.2) is 6.10 Å². The Morgan fingerprint density at radius 2 is 0.800 bits per heavy atom. The quantitative estimate of drug-likeness (QED) is 0.0340. The lowest BCUT2D eigenvalue weighted by molar-refractivity contribution is -0.161. The highest BCUT2D eigenvalue weighted by Crippen LogP contribution is 2.43. The Morgan fingerprint density at radius 3 is 1.18 bits per heavy atom. The van der Waals surface area contributed by atoms with E-state index in [9.17, 15) is 28.6 Å². The maximum Gasteiger partial charge on any atom is 0.472 e. The van der Waals surface area contributed by atoms with Crippen molar-refractivity contribution in [3.8, 4) is 0 Å². The first-order chi connectivity index (χ1) is 29.1. The van der Waals surface area contributed by atoms with Crippen LogP contribution in [0, 0.1) is 0 Å². The van der Waals surface area contributed by atoms with Crippen LogP contribution in [0.1, 0.15) is 258 Å². The number of carboxylic acid groups (broad SMARTS) is 1. The van der Waals surface area contributed by atoms with E-state index in [4.69, 9.17) is 23.6 Å². The molecule has 354 valence electrons. The van der Waals surface area contributed by atoms with Gasteiger partial charge in [0.2, 0.25) is 0 Å². The van der Waals surface area contributed by atoms with Crippen LogP contribution >= 0.6 is 7.82 Å². The molecule has 2 N–H and O–H groups in total. The molecule has 2 unspecified atom stereocenters. The second-order valence-corrected chi connectivity index (χ2v) is 18.5. The highest BCUT2D eigenvalue weighted by atomic mass is 31.2. The molecule has 0 rings (SSSR count). The predicted octanol–water partition coefficient (Wildman–Crippen LogP) is 14.1. The number of hydrogen-bond donors (Lipinski definition) is 2. The molecule has 0 aromatic heterocycles. The normalized spacial score (nSPS) is 12.9. The number of unbranched alkanes of at least 4 members (excludes halogenated alkanes) is 30. The maximum absolute atomic E-state index is 12.7. The van der Waals surface area contributed by atoms with Gasteiger partial charge in [-0.3, -0.25) is 28.2 Å². The van der Waals surface area contributed by atoms with E-state index in [0.29, 0.717) is 12.8 Å². The summed E-state index contributed by atoms with van der Waals surface area (Å²) in [6.07, 6.45) is 38.6. The molecule has 0 heterocycles. The molecule has 60 heavy (non-hydrogen) atoms. The molecule has 0 aromatic rings. The first-order valence-electron chi connectivity index (χ1n) is 24.8. The molecule has 0 aromatic carbocycles. The maximum atomic E-state index is 12.7. The van der Waals surface area contributed by atoms with Gasteiger partial charge in [0, 0.05) is 25.7 Å². The molecule has 2 atom stereocenters. The molecule has 12 heteroatoms. The Hall–Kier alpha value is -1.81. The van der Waals surface area contributed by atoms with E-state index in [-0.39, 0.29) is 57.5 Å². The minimum Gasteiger partial charge on any atom is -0.481 e. The number of Topliss-reactive ketones (excluding diaryl/α,β-unsaturated/α-hetero) is 1. The fraction of sp³-hybridized carbons (Fsp3) is 0.917. The van der Waals surface area contributed by atoms with Crippen molar-refractivity contribution in [1.82, 2.24) is 0 Å². The van der Waals surface area contributed by atoms with Crippen LogP contribution in [0.5, 0.6) is 0 Å². The van der Waals surface area contributed by atoms with Gasteiger partial charge in [0.25, 0.3) is 0 Å². The Balaban J connectivity index is 4.41. The molecule has 0 bridgehead atoms. The fourth-order valence-electron chi connectivity index (χ4n) is 7.29. The number of carbonyl (C=O) groups is 4. The van der Waals surface area contributed by atoms with Crippen LogP contribution in [-0.4, -0.2) is 59.6 Å². The molecule has 11 nitrogen and oxygen atoms in total. The Labute approximate surface area is 366 Å². The minimum absolute atomic E-state index is 0.00221. The SMILES string of the molecule is CCCCCCCCCCCCCCCCCCC(=O)OCC(COP(=O)(O)OCCCC(=O)CCC(=O)O)OC(=O)CCCCCCCCCCCCCCCCCC. The summed E-state index contributed by atoms with van der Waals surface area (Å²) in [5.41, 5.74) is 0. The second-order valence-electron chi connectivity index (χ2n) is 17.0. The Morgan fingerprint density at radius 1 is 0.433 bits per heavy atom. The summed E-state index contributed by atoms with van der Waals surface area (Å²) in [6.45, 7) is 3.43. The van der Waals surface area contributed by atoms with Crippen molar-refractivity contribution in [3.05, 3.63) is 0 Å². The summed E-state index contributed by atoms with van der Waals surface area (Å²) in [5.74, 6) is -2.27. The number of esters is 2. The molecular weight excluding hydrogens is 783 g/mol. The molecule has 0 spiro atoms. The fourth-order valence-corrected chi connectivity index (χ4v) is 8.08. The van der Waals surface area contributed by atoms with Crippen LogP contribution in [-0.2, 0) is 42.3 Å². The van der Waals surface area contributed by atoms with Crippen molar-refractivity contribution >= 4 is 31.5 Å².